The fourth-order valence-corrected chi connectivity index (χ4v) is 7.32. The Morgan fingerprint density at radius 3 is 1.43 bits per heavy atom. The van der Waals surface area contributed by atoms with E-state index in [1.807, 2.05) is 0 Å². The zero-order valence-electron chi connectivity index (χ0n) is 25.3. The van der Waals surface area contributed by atoms with Crippen molar-refractivity contribution < 1.29 is 58.4 Å². The molecule has 0 spiro atoms. The predicted molar refractivity (Wildman–Crippen MR) is 175 cm³/mol. The summed E-state index contributed by atoms with van der Waals surface area (Å²) in [4.78, 5) is 25.2. The van der Waals surface area contributed by atoms with Gasteiger partial charge in [-0.3, -0.25) is 0 Å². The van der Waals surface area contributed by atoms with Gasteiger partial charge < -0.3 is 58.4 Å². The molecule has 4 heterocycles. The zero-order valence-corrected chi connectivity index (χ0v) is 27.7. The summed E-state index contributed by atoms with van der Waals surface area (Å²) >= 11 is 12.7. The minimum atomic E-state index is -1.60. The van der Waals surface area contributed by atoms with E-state index >= 15 is 0 Å². The monoisotopic (exact) mass is 742 g/mol. The first-order valence-electron chi connectivity index (χ1n) is 15.1. The minimum Gasteiger partial charge on any atom is -0.422 e. The van der Waals surface area contributed by atoms with Gasteiger partial charge in [0.2, 0.25) is 0 Å². The molecule has 0 saturated carbocycles. The molecule has 2 aliphatic rings. The van der Waals surface area contributed by atoms with Gasteiger partial charge in [-0.1, -0.05) is 35.0 Å². The second-order valence-electron chi connectivity index (χ2n) is 11.6. The van der Waals surface area contributed by atoms with E-state index in [1.165, 1.54) is 24.3 Å². The number of benzene rings is 2. The third-order valence-electron chi connectivity index (χ3n) is 8.31. The molecule has 0 aliphatic carbocycles. The van der Waals surface area contributed by atoms with Crippen molar-refractivity contribution in [1.82, 2.24) is 0 Å². The maximum absolute atomic E-state index is 12.6. The van der Waals surface area contributed by atoms with E-state index in [-0.39, 0.29) is 35.5 Å². The van der Waals surface area contributed by atoms with Gasteiger partial charge in [0.05, 0.1) is 37.6 Å². The lowest BCUT2D eigenvalue weighted by Crippen LogP contribution is -2.61. The second kappa shape index (κ2) is 15.3. The van der Waals surface area contributed by atoms with Crippen molar-refractivity contribution in [3.8, 4) is 0 Å². The Labute approximate surface area is 291 Å². The van der Waals surface area contributed by atoms with Gasteiger partial charge in [-0.15, -0.1) is 0 Å². The molecule has 0 bridgehead atoms. The molecule has 2 fully saturated rings. The van der Waals surface area contributed by atoms with Crippen molar-refractivity contribution in [1.29, 1.82) is 0 Å². The summed E-state index contributed by atoms with van der Waals surface area (Å²) in [5, 5.41) is 66.0. The Balaban J connectivity index is 1.17. The first-order chi connectivity index (χ1) is 23.5. The number of hydrogen-bond acceptors (Lipinski definition) is 15. The summed E-state index contributed by atoms with van der Waals surface area (Å²) in [6, 6.07) is 12.5. The van der Waals surface area contributed by atoms with Crippen molar-refractivity contribution in [2.75, 3.05) is 13.2 Å². The van der Waals surface area contributed by atoms with Crippen LogP contribution >= 0.6 is 35.0 Å². The molecular formula is C32H32Cl2O14S. The van der Waals surface area contributed by atoms with Crippen molar-refractivity contribution in [3.63, 3.8) is 0 Å². The maximum Gasteiger partial charge on any atom is 0.341 e. The number of halogens is 2. The van der Waals surface area contributed by atoms with Crippen molar-refractivity contribution >= 4 is 56.9 Å². The highest BCUT2D eigenvalue weighted by Gasteiger charge is 2.51. The van der Waals surface area contributed by atoms with Crippen LogP contribution < -0.4 is 11.3 Å². The van der Waals surface area contributed by atoms with E-state index in [4.69, 9.17) is 51.0 Å². The highest BCUT2D eigenvalue weighted by molar-refractivity contribution is 8.00. The Morgan fingerprint density at radius 1 is 0.633 bits per heavy atom. The number of aliphatic hydroxyl groups is 6. The van der Waals surface area contributed by atoms with Gasteiger partial charge in [-0.25, -0.2) is 9.59 Å². The van der Waals surface area contributed by atoms with Crippen LogP contribution in [-0.4, -0.2) is 104 Å². The van der Waals surface area contributed by atoms with Gasteiger partial charge in [0.25, 0.3) is 0 Å². The molecule has 0 radical (unpaired) electrons. The van der Waals surface area contributed by atoms with Gasteiger partial charge in [-0.2, -0.15) is 0 Å². The van der Waals surface area contributed by atoms with E-state index < -0.39 is 84.2 Å². The lowest BCUT2D eigenvalue weighted by molar-refractivity contribution is -0.231. The first kappa shape index (κ1) is 36.2. The van der Waals surface area contributed by atoms with E-state index in [2.05, 4.69) is 0 Å². The lowest BCUT2D eigenvalue weighted by atomic mass is 9.99. The molecule has 49 heavy (non-hydrogen) atoms. The van der Waals surface area contributed by atoms with Crippen LogP contribution in [0.2, 0.25) is 10.0 Å². The molecule has 4 unspecified atom stereocenters. The van der Waals surface area contributed by atoms with Gasteiger partial charge >= 0.3 is 11.3 Å². The summed E-state index contributed by atoms with van der Waals surface area (Å²) in [6.45, 7) is -2.13. The van der Waals surface area contributed by atoms with Crippen LogP contribution in [0.15, 0.2) is 67.0 Å². The van der Waals surface area contributed by atoms with Gasteiger partial charge in [-0.05, 0) is 36.4 Å². The average Bonchev–Trinajstić information content (AvgIpc) is 3.07. The molecule has 4 aromatic rings. The third kappa shape index (κ3) is 7.69. The third-order valence-corrected chi connectivity index (χ3v) is 10.1. The SMILES string of the molecule is O=c1oc2cc(Cl)ccc2cc1COC1[C@@H](O)C(CO)O[C@@H](S[C@@H]2OC(CO)[C@H](O)C(OCc3cc4ccc(Cl)cc4oc3=O)[C@@H]2O)[C@@H]1O. The van der Waals surface area contributed by atoms with Crippen LogP contribution in [0, 0.1) is 0 Å². The number of aliphatic hydroxyl groups excluding tert-OH is 6. The van der Waals surface area contributed by atoms with Crippen molar-refractivity contribution in [3.05, 3.63) is 90.5 Å². The molecule has 0 amide bonds. The summed E-state index contributed by atoms with van der Waals surface area (Å²) in [5.74, 6) is 0. The topological polar surface area (TPSA) is 219 Å². The van der Waals surface area contributed by atoms with Gasteiger partial charge in [0, 0.05) is 33.0 Å². The molecule has 2 saturated heterocycles. The molecule has 264 valence electrons. The number of fused-ring (bicyclic) bond motifs is 2. The Hall–Kier alpha value is -2.61. The molecule has 10 atom stereocenters. The lowest BCUT2D eigenvalue weighted by Gasteiger charge is -2.46. The van der Waals surface area contributed by atoms with Gasteiger partial charge in [0.1, 0.15) is 70.9 Å². The molecule has 2 aliphatic heterocycles. The Bertz CT molecular complexity index is 1770. The predicted octanol–water partition coefficient (Wildman–Crippen LogP) is 1.29. The van der Waals surface area contributed by atoms with Crippen LogP contribution in [0.3, 0.4) is 0 Å². The number of hydrogen-bond donors (Lipinski definition) is 6. The molecule has 14 nitrogen and oxygen atoms in total. The highest BCUT2D eigenvalue weighted by atomic mass is 35.5. The van der Waals surface area contributed by atoms with Crippen molar-refractivity contribution in [2.45, 2.75) is 72.9 Å². The average molecular weight is 744 g/mol. The van der Waals surface area contributed by atoms with Gasteiger partial charge in [0.15, 0.2) is 0 Å². The first-order valence-corrected chi connectivity index (χ1v) is 16.8. The molecule has 6 N–H and O–H groups in total. The maximum atomic E-state index is 12.6. The van der Waals surface area contributed by atoms with Crippen LogP contribution in [0.4, 0.5) is 0 Å². The van der Waals surface area contributed by atoms with E-state index in [9.17, 15) is 40.2 Å². The number of rotatable bonds is 10. The Morgan fingerprint density at radius 2 is 1.04 bits per heavy atom. The fourth-order valence-electron chi connectivity index (χ4n) is 5.69. The summed E-state index contributed by atoms with van der Waals surface area (Å²) in [5.41, 5.74) is -3.35. The van der Waals surface area contributed by atoms with Crippen LogP contribution in [0.5, 0.6) is 0 Å². The molecule has 2 aromatic heterocycles. The Kier molecular flexibility index (Phi) is 11.3. The molecule has 6 rings (SSSR count). The quantitative estimate of drug-likeness (QED) is 0.126. The largest absolute Gasteiger partial charge is 0.422 e. The van der Waals surface area contributed by atoms with E-state index in [1.54, 1.807) is 24.3 Å². The zero-order chi connectivity index (χ0) is 35.0. The number of ether oxygens (including phenoxy) is 4. The summed E-state index contributed by atoms with van der Waals surface area (Å²) in [7, 11) is 0. The van der Waals surface area contributed by atoms with E-state index in [0.29, 0.717) is 20.8 Å². The van der Waals surface area contributed by atoms with Crippen LogP contribution in [0.1, 0.15) is 11.1 Å². The highest BCUT2D eigenvalue weighted by Crippen LogP contribution is 2.38. The normalized spacial score (nSPS) is 30.6. The standard InChI is InChI=1S/C32H32Cl2O14S/c33-17-3-1-13-5-15(29(41)45-19(13)7-17)11-43-27-23(37)21(9-35)47-31(25(27)39)49-32-26(40)28(24(38)22(10-36)48-32)44-12-16-6-14-2-4-18(34)8-20(14)46-30(16)42/h1-8,21-28,31-32,35-40H,9-12H2/t21?,22?,23-,24-,25-,26+,27?,28?,31-,32-/m0/s1. The molecule has 17 heteroatoms. The molecule has 2 aromatic carbocycles. The summed E-state index contributed by atoms with van der Waals surface area (Å²) < 4.78 is 33.7. The minimum absolute atomic E-state index is 0.0838. The van der Waals surface area contributed by atoms with Crippen LogP contribution in [0.25, 0.3) is 21.9 Å². The fraction of sp³-hybridized carbons (Fsp3) is 0.438. The summed E-state index contributed by atoms with van der Waals surface area (Å²) in [6.07, 6.45) is -11.6. The van der Waals surface area contributed by atoms with Crippen LogP contribution in [-0.2, 0) is 32.2 Å². The van der Waals surface area contributed by atoms with E-state index in [0.717, 1.165) is 11.8 Å². The second-order valence-corrected chi connectivity index (χ2v) is 13.7. The number of thioether (sulfide) groups is 1. The smallest absolute Gasteiger partial charge is 0.341 e. The van der Waals surface area contributed by atoms with Crippen molar-refractivity contribution in [2.24, 2.45) is 0 Å². The molecular weight excluding hydrogens is 711 g/mol.